The van der Waals surface area contributed by atoms with Crippen molar-refractivity contribution in [2.45, 2.75) is 6.92 Å². The normalized spacial score (nSPS) is 11.2. The lowest BCUT2D eigenvalue weighted by atomic mass is 10.0. The summed E-state index contributed by atoms with van der Waals surface area (Å²) in [7, 11) is 0. The molecule has 3 aromatic carbocycles. The van der Waals surface area contributed by atoms with Gasteiger partial charge in [-0.25, -0.2) is 0 Å². The molecule has 0 aromatic heterocycles. The Bertz CT molecular complexity index is 1100. The zero-order chi connectivity index (χ0) is 20.8. The number of nitro groups is 1. The van der Waals surface area contributed by atoms with Crippen molar-refractivity contribution in [3.8, 4) is 0 Å². The van der Waals surface area contributed by atoms with Crippen molar-refractivity contribution in [3.63, 3.8) is 0 Å². The highest BCUT2D eigenvalue weighted by Crippen LogP contribution is 2.28. The topological polar surface area (TPSA) is 69.2 Å². The third-order valence-corrected chi connectivity index (χ3v) is 4.69. The fourth-order valence-corrected chi connectivity index (χ4v) is 2.98. The number of nitrogens with zero attached hydrogens (tertiary/aromatic N) is 1. The molecule has 0 aliphatic heterocycles. The molecule has 0 spiro atoms. The fraction of sp³-hybridized carbons (Fsp3) is 0.0417. The van der Waals surface area contributed by atoms with Crippen LogP contribution in [-0.4, -0.2) is 9.79 Å². The summed E-state index contributed by atoms with van der Waals surface area (Å²) in [6, 6.07) is 20.5. The molecule has 3 aromatic rings. The Labute approximate surface area is 175 Å². The van der Waals surface area contributed by atoms with Gasteiger partial charge in [0.05, 0.1) is 10.5 Å². The summed E-state index contributed by atoms with van der Waals surface area (Å²) in [5, 5.41) is 11.6. The van der Waals surface area contributed by atoms with Crippen LogP contribution in [0.4, 0.5) is 11.4 Å². The molecule has 0 saturated carbocycles. The smallest absolute Gasteiger partial charge is 0.277 e. The summed E-state index contributed by atoms with van der Waals surface area (Å²) < 4.78 is 0. The van der Waals surface area contributed by atoms with E-state index in [4.69, 9.17) is 18.0 Å². The van der Waals surface area contributed by atoms with E-state index in [1.54, 1.807) is 18.2 Å². The van der Waals surface area contributed by atoms with E-state index in [0.717, 1.165) is 21.6 Å². The lowest BCUT2D eigenvalue weighted by molar-refractivity contribution is -0.385. The molecule has 0 amide bonds. The molecular formula is C24H20N2O2S. The maximum Gasteiger partial charge on any atom is 0.277 e. The van der Waals surface area contributed by atoms with E-state index in [1.807, 2.05) is 73.7 Å². The molecule has 0 unspecified atom stereocenters. The Kier molecular flexibility index (Phi) is 6.32. The summed E-state index contributed by atoms with van der Waals surface area (Å²) in [5.74, 6) is 0. The van der Waals surface area contributed by atoms with Gasteiger partial charge in [0, 0.05) is 22.2 Å². The third kappa shape index (κ3) is 5.24. The summed E-state index contributed by atoms with van der Waals surface area (Å²) in [4.78, 5) is 12.0. The molecule has 4 nitrogen and oxygen atoms in total. The van der Waals surface area contributed by atoms with Crippen LogP contribution in [0, 0.1) is 10.1 Å². The second-order valence-electron chi connectivity index (χ2n) is 6.55. The van der Waals surface area contributed by atoms with Crippen LogP contribution in [-0.2, 0) is 0 Å². The van der Waals surface area contributed by atoms with Crippen LogP contribution in [0.1, 0.15) is 34.7 Å². The number of nitro benzene ring substituents is 1. The van der Waals surface area contributed by atoms with Gasteiger partial charge >= 0.3 is 0 Å². The van der Waals surface area contributed by atoms with Gasteiger partial charge in [-0.05, 0) is 35.8 Å². The summed E-state index contributed by atoms with van der Waals surface area (Å²) in [6.45, 7) is 1.88. The van der Waals surface area contributed by atoms with E-state index in [0.29, 0.717) is 16.8 Å². The number of nitrogen functional groups attached to an aromatic ring is 1. The average molecular weight is 401 g/mol. The Morgan fingerprint density at radius 1 is 0.897 bits per heavy atom. The van der Waals surface area contributed by atoms with Gasteiger partial charge in [0.1, 0.15) is 0 Å². The lowest BCUT2D eigenvalue weighted by Gasteiger charge is -2.05. The van der Waals surface area contributed by atoms with Gasteiger partial charge in [-0.1, -0.05) is 85.0 Å². The molecule has 0 heterocycles. The molecule has 0 aliphatic carbocycles. The highest BCUT2D eigenvalue weighted by Gasteiger charge is 2.14. The monoisotopic (exact) mass is 400 g/mol. The van der Waals surface area contributed by atoms with Crippen molar-refractivity contribution in [3.05, 3.63) is 105 Å². The molecule has 0 fully saturated rings. The van der Waals surface area contributed by atoms with E-state index in [2.05, 4.69) is 0 Å². The van der Waals surface area contributed by atoms with E-state index < -0.39 is 4.92 Å². The van der Waals surface area contributed by atoms with Gasteiger partial charge in [0.15, 0.2) is 0 Å². The Morgan fingerprint density at radius 2 is 1.48 bits per heavy atom. The molecule has 144 valence electrons. The van der Waals surface area contributed by atoms with Gasteiger partial charge in [-0.3, -0.25) is 10.1 Å². The number of anilines is 1. The summed E-state index contributed by atoms with van der Waals surface area (Å²) in [6.07, 6.45) is 7.20. The van der Waals surface area contributed by atoms with Crippen LogP contribution < -0.4 is 5.73 Å². The van der Waals surface area contributed by atoms with Crippen molar-refractivity contribution in [2.24, 2.45) is 0 Å². The van der Waals surface area contributed by atoms with Crippen molar-refractivity contribution in [2.75, 3.05) is 5.73 Å². The number of hydrogen-bond donors (Lipinski definition) is 1. The molecule has 0 saturated heterocycles. The molecule has 0 atom stereocenters. The summed E-state index contributed by atoms with van der Waals surface area (Å²) in [5.41, 5.74) is 10.6. The first-order chi connectivity index (χ1) is 13.9. The molecule has 0 aliphatic rings. The fourth-order valence-electron chi connectivity index (χ4n) is 2.84. The molecular weight excluding hydrogens is 380 g/mol. The molecule has 0 bridgehead atoms. The van der Waals surface area contributed by atoms with Crippen molar-refractivity contribution < 1.29 is 4.92 Å². The molecule has 29 heavy (non-hydrogen) atoms. The zero-order valence-corrected chi connectivity index (χ0v) is 16.7. The van der Waals surface area contributed by atoms with Gasteiger partial charge in [-0.2, -0.15) is 0 Å². The van der Waals surface area contributed by atoms with E-state index in [9.17, 15) is 10.1 Å². The molecule has 5 heteroatoms. The second kappa shape index (κ2) is 9.08. The highest BCUT2D eigenvalue weighted by atomic mass is 32.1. The van der Waals surface area contributed by atoms with Crippen LogP contribution in [0.15, 0.2) is 66.7 Å². The van der Waals surface area contributed by atoms with Gasteiger partial charge in [-0.15, -0.1) is 0 Å². The molecule has 3 rings (SSSR count). The third-order valence-electron chi connectivity index (χ3n) is 4.46. The number of benzene rings is 3. The second-order valence-corrected chi connectivity index (χ2v) is 7.16. The van der Waals surface area contributed by atoms with Crippen LogP contribution in [0.2, 0.25) is 0 Å². The minimum absolute atomic E-state index is 0.0118. The van der Waals surface area contributed by atoms with Gasteiger partial charge < -0.3 is 5.73 Å². The van der Waals surface area contributed by atoms with Crippen LogP contribution in [0.3, 0.4) is 0 Å². The van der Waals surface area contributed by atoms with Gasteiger partial charge in [0.2, 0.25) is 0 Å². The van der Waals surface area contributed by atoms with Crippen molar-refractivity contribution in [1.82, 2.24) is 0 Å². The minimum Gasteiger partial charge on any atom is -0.398 e. The van der Waals surface area contributed by atoms with Crippen LogP contribution >= 0.6 is 12.2 Å². The number of hydrogen-bond acceptors (Lipinski definition) is 4. The Hall–Kier alpha value is -3.57. The zero-order valence-electron chi connectivity index (χ0n) is 15.9. The van der Waals surface area contributed by atoms with E-state index >= 15 is 0 Å². The maximum atomic E-state index is 11.6. The molecule has 0 radical (unpaired) electrons. The Morgan fingerprint density at radius 3 is 2.07 bits per heavy atom. The van der Waals surface area contributed by atoms with Crippen molar-refractivity contribution in [1.29, 1.82) is 0 Å². The van der Waals surface area contributed by atoms with Gasteiger partial charge in [0.25, 0.3) is 5.69 Å². The first-order valence-electron chi connectivity index (χ1n) is 9.04. The van der Waals surface area contributed by atoms with Crippen LogP contribution in [0.25, 0.3) is 24.3 Å². The number of thiocarbonyl (C=S) groups is 1. The number of nitrogens with two attached hydrogens (primary N) is 1. The first kappa shape index (κ1) is 20.2. The first-order valence-corrected chi connectivity index (χ1v) is 9.45. The number of rotatable bonds is 6. The largest absolute Gasteiger partial charge is 0.398 e. The predicted molar refractivity (Wildman–Crippen MR) is 126 cm³/mol. The van der Waals surface area contributed by atoms with Crippen molar-refractivity contribution >= 4 is 52.8 Å². The maximum absolute atomic E-state index is 11.6. The minimum atomic E-state index is -0.390. The SMILES string of the molecule is CC(=S)c1ccc(/C=C/c2cc([N+](=O)[O-])c(/C=C/c3ccccc3)cc2N)cc1. The lowest BCUT2D eigenvalue weighted by Crippen LogP contribution is -1.97. The quantitative estimate of drug-likeness (QED) is 0.132. The van der Waals surface area contributed by atoms with E-state index in [1.165, 1.54) is 6.07 Å². The molecule has 2 N–H and O–H groups in total. The predicted octanol–water partition coefficient (Wildman–Crippen LogP) is 6.26. The Balaban J connectivity index is 1.90. The van der Waals surface area contributed by atoms with Crippen LogP contribution in [0.5, 0.6) is 0 Å². The van der Waals surface area contributed by atoms with E-state index in [-0.39, 0.29) is 5.69 Å². The average Bonchev–Trinajstić information content (AvgIpc) is 2.72. The summed E-state index contributed by atoms with van der Waals surface area (Å²) >= 11 is 5.16. The standard InChI is InChI=1S/C24H20N2O2S/c1-17(29)20-11-7-19(8-12-20)9-13-21-16-24(26(27)28)22(15-23(21)25)14-10-18-5-3-2-4-6-18/h2-16H,25H2,1H3/b13-9+,14-10+. The highest BCUT2D eigenvalue weighted by molar-refractivity contribution is 7.80.